The minimum absolute atomic E-state index is 0.0983. The lowest BCUT2D eigenvalue weighted by Crippen LogP contribution is -2.25. The number of unbranched alkanes of at least 4 members (excludes halogenated alkanes) is 3. The number of ether oxygens (including phenoxy) is 1. The highest BCUT2D eigenvalue weighted by Gasteiger charge is 2.00. The zero-order chi connectivity index (χ0) is 12.2. The zero-order valence-electron chi connectivity index (χ0n) is 11.0. The van der Waals surface area contributed by atoms with Crippen LogP contribution in [-0.2, 0) is 4.74 Å². The third-order valence-electron chi connectivity index (χ3n) is 2.90. The Labute approximate surface area is 100 Å². The highest BCUT2D eigenvalue weighted by molar-refractivity contribution is 4.56. The molecule has 0 fully saturated rings. The number of hydrogen-bond donors (Lipinski definition) is 2. The summed E-state index contributed by atoms with van der Waals surface area (Å²) in [6, 6.07) is 0.194. The number of aliphatic hydroxyl groups excluding tert-OH is 1. The first-order valence-electron chi connectivity index (χ1n) is 6.72. The summed E-state index contributed by atoms with van der Waals surface area (Å²) in [4.78, 5) is 0. The number of aliphatic hydroxyl groups is 1. The van der Waals surface area contributed by atoms with Gasteiger partial charge < -0.3 is 15.6 Å². The SMILES string of the molecule is CCC(N)COCCCCCCC(O)CC. The van der Waals surface area contributed by atoms with E-state index in [2.05, 4.69) is 6.92 Å². The van der Waals surface area contributed by atoms with Gasteiger partial charge in [-0.25, -0.2) is 0 Å². The standard InChI is InChI=1S/C13H29NO2/c1-3-12(14)11-16-10-8-6-5-7-9-13(15)4-2/h12-13,15H,3-11,14H2,1-2H3. The Balaban J connectivity index is 3.04. The molecule has 0 radical (unpaired) electrons. The fourth-order valence-electron chi connectivity index (χ4n) is 1.49. The summed E-state index contributed by atoms with van der Waals surface area (Å²) in [5.41, 5.74) is 5.73. The van der Waals surface area contributed by atoms with E-state index in [1.165, 1.54) is 12.8 Å². The molecule has 0 aliphatic heterocycles. The van der Waals surface area contributed by atoms with Gasteiger partial charge in [-0.1, -0.05) is 33.1 Å². The topological polar surface area (TPSA) is 55.5 Å². The monoisotopic (exact) mass is 231 g/mol. The minimum atomic E-state index is -0.0983. The normalized spacial score (nSPS) is 15.0. The average molecular weight is 231 g/mol. The molecule has 3 N–H and O–H groups in total. The van der Waals surface area contributed by atoms with Crippen molar-refractivity contribution in [1.29, 1.82) is 0 Å². The Kier molecular flexibility index (Phi) is 11.3. The van der Waals surface area contributed by atoms with Crippen LogP contribution in [0.3, 0.4) is 0 Å². The smallest absolute Gasteiger partial charge is 0.0617 e. The summed E-state index contributed by atoms with van der Waals surface area (Å²) in [6.07, 6.45) is 7.32. The summed E-state index contributed by atoms with van der Waals surface area (Å²) in [6.45, 7) is 5.61. The van der Waals surface area contributed by atoms with Gasteiger partial charge in [0.2, 0.25) is 0 Å². The molecule has 0 amide bonds. The predicted octanol–water partition coefficient (Wildman–Crippen LogP) is 2.46. The zero-order valence-corrected chi connectivity index (χ0v) is 11.0. The molecule has 0 saturated heterocycles. The fraction of sp³-hybridized carbons (Fsp3) is 1.00. The van der Waals surface area contributed by atoms with Crippen molar-refractivity contribution in [2.75, 3.05) is 13.2 Å². The fourth-order valence-corrected chi connectivity index (χ4v) is 1.49. The maximum Gasteiger partial charge on any atom is 0.0617 e. The quantitative estimate of drug-likeness (QED) is 0.537. The maximum absolute atomic E-state index is 9.35. The summed E-state index contributed by atoms with van der Waals surface area (Å²) >= 11 is 0. The lowest BCUT2D eigenvalue weighted by molar-refractivity contribution is 0.115. The lowest BCUT2D eigenvalue weighted by atomic mass is 10.1. The van der Waals surface area contributed by atoms with Crippen LogP contribution >= 0.6 is 0 Å². The molecule has 0 aromatic heterocycles. The van der Waals surface area contributed by atoms with Crippen LogP contribution in [-0.4, -0.2) is 30.5 Å². The molecule has 2 unspecified atom stereocenters. The van der Waals surface area contributed by atoms with Crippen LogP contribution in [0, 0.1) is 0 Å². The van der Waals surface area contributed by atoms with E-state index in [-0.39, 0.29) is 12.1 Å². The van der Waals surface area contributed by atoms with Crippen LogP contribution in [0.1, 0.15) is 58.8 Å². The third-order valence-corrected chi connectivity index (χ3v) is 2.90. The minimum Gasteiger partial charge on any atom is -0.393 e. The summed E-state index contributed by atoms with van der Waals surface area (Å²) in [5, 5.41) is 9.35. The van der Waals surface area contributed by atoms with E-state index >= 15 is 0 Å². The van der Waals surface area contributed by atoms with Gasteiger partial charge in [-0.2, -0.15) is 0 Å². The van der Waals surface area contributed by atoms with Gasteiger partial charge in [-0.15, -0.1) is 0 Å². The summed E-state index contributed by atoms with van der Waals surface area (Å²) < 4.78 is 5.46. The third kappa shape index (κ3) is 10.4. The van der Waals surface area contributed by atoms with Crippen LogP contribution in [0.25, 0.3) is 0 Å². The van der Waals surface area contributed by atoms with Gasteiger partial charge in [0.25, 0.3) is 0 Å². The Hall–Kier alpha value is -0.120. The molecule has 0 heterocycles. The van der Waals surface area contributed by atoms with Crippen molar-refractivity contribution >= 4 is 0 Å². The molecule has 0 aliphatic rings. The summed E-state index contributed by atoms with van der Waals surface area (Å²) in [5.74, 6) is 0. The first-order chi connectivity index (χ1) is 7.70. The second-order valence-electron chi connectivity index (χ2n) is 4.51. The van der Waals surface area contributed by atoms with Crippen molar-refractivity contribution in [1.82, 2.24) is 0 Å². The van der Waals surface area contributed by atoms with E-state index in [4.69, 9.17) is 10.5 Å². The van der Waals surface area contributed by atoms with Crippen LogP contribution in [0.4, 0.5) is 0 Å². The van der Waals surface area contributed by atoms with Crippen molar-refractivity contribution in [2.45, 2.75) is 70.9 Å². The van der Waals surface area contributed by atoms with E-state index in [1.54, 1.807) is 0 Å². The van der Waals surface area contributed by atoms with E-state index in [9.17, 15) is 5.11 Å². The molecule has 0 saturated carbocycles. The highest BCUT2D eigenvalue weighted by Crippen LogP contribution is 2.07. The van der Waals surface area contributed by atoms with E-state index in [0.29, 0.717) is 6.61 Å². The van der Waals surface area contributed by atoms with Crippen molar-refractivity contribution in [3.8, 4) is 0 Å². The Bertz CT molecular complexity index is 126. The van der Waals surface area contributed by atoms with E-state index in [1.807, 2.05) is 6.92 Å². The molecule has 3 heteroatoms. The van der Waals surface area contributed by atoms with E-state index in [0.717, 1.165) is 38.7 Å². The molecular weight excluding hydrogens is 202 g/mol. The Morgan fingerprint density at radius 1 is 1.06 bits per heavy atom. The molecule has 0 aromatic rings. The van der Waals surface area contributed by atoms with Crippen molar-refractivity contribution in [2.24, 2.45) is 5.73 Å². The first kappa shape index (κ1) is 15.9. The van der Waals surface area contributed by atoms with Crippen molar-refractivity contribution in [3.05, 3.63) is 0 Å². The van der Waals surface area contributed by atoms with Crippen LogP contribution in [0.5, 0.6) is 0 Å². The molecular formula is C13H29NO2. The molecule has 0 aliphatic carbocycles. The highest BCUT2D eigenvalue weighted by atomic mass is 16.5. The number of nitrogens with two attached hydrogens (primary N) is 1. The van der Waals surface area contributed by atoms with Gasteiger partial charge >= 0.3 is 0 Å². The largest absolute Gasteiger partial charge is 0.393 e. The van der Waals surface area contributed by atoms with Gasteiger partial charge in [0, 0.05) is 12.6 Å². The van der Waals surface area contributed by atoms with Gasteiger partial charge in [-0.05, 0) is 25.7 Å². The molecule has 2 atom stereocenters. The van der Waals surface area contributed by atoms with Crippen molar-refractivity contribution < 1.29 is 9.84 Å². The molecule has 0 bridgehead atoms. The second kappa shape index (κ2) is 11.4. The van der Waals surface area contributed by atoms with Gasteiger partial charge in [0.05, 0.1) is 12.7 Å². The van der Waals surface area contributed by atoms with Gasteiger partial charge in [0.1, 0.15) is 0 Å². The second-order valence-corrected chi connectivity index (χ2v) is 4.51. The molecule has 3 nitrogen and oxygen atoms in total. The van der Waals surface area contributed by atoms with E-state index < -0.39 is 0 Å². The Morgan fingerprint density at radius 3 is 2.38 bits per heavy atom. The van der Waals surface area contributed by atoms with Crippen LogP contribution in [0.15, 0.2) is 0 Å². The molecule has 0 rings (SSSR count). The first-order valence-corrected chi connectivity index (χ1v) is 6.72. The van der Waals surface area contributed by atoms with Gasteiger partial charge in [0.15, 0.2) is 0 Å². The number of hydrogen-bond acceptors (Lipinski definition) is 3. The summed E-state index contributed by atoms with van der Waals surface area (Å²) in [7, 11) is 0. The average Bonchev–Trinajstić information content (AvgIpc) is 2.31. The molecule has 98 valence electrons. The molecule has 16 heavy (non-hydrogen) atoms. The predicted molar refractivity (Wildman–Crippen MR) is 68.5 cm³/mol. The van der Waals surface area contributed by atoms with Gasteiger partial charge in [-0.3, -0.25) is 0 Å². The number of rotatable bonds is 11. The molecule has 0 aromatic carbocycles. The maximum atomic E-state index is 9.35. The van der Waals surface area contributed by atoms with Crippen molar-refractivity contribution in [3.63, 3.8) is 0 Å². The Morgan fingerprint density at radius 2 is 1.75 bits per heavy atom. The van der Waals surface area contributed by atoms with Crippen LogP contribution in [0.2, 0.25) is 0 Å². The lowest BCUT2D eigenvalue weighted by Gasteiger charge is -2.09. The molecule has 0 spiro atoms. The van der Waals surface area contributed by atoms with Crippen LogP contribution < -0.4 is 5.73 Å².